The maximum Gasteiger partial charge on any atom is 0.119 e. The predicted molar refractivity (Wildman–Crippen MR) is 217 cm³/mol. The molecule has 5 rings (SSSR count). The monoisotopic (exact) mass is 679 g/mol. The minimum absolute atomic E-state index is 0.650. The molecule has 5 nitrogen and oxygen atoms in total. The van der Waals surface area contributed by atoms with Gasteiger partial charge in [0.05, 0.1) is 25.6 Å². The van der Waals surface area contributed by atoms with E-state index in [0.717, 1.165) is 67.0 Å². The van der Waals surface area contributed by atoms with Crippen LogP contribution in [0.25, 0.3) is 21.8 Å². The molecule has 4 aromatic carbocycles. The van der Waals surface area contributed by atoms with E-state index in [9.17, 15) is 0 Å². The van der Waals surface area contributed by atoms with Crippen molar-refractivity contribution in [1.82, 2.24) is 4.57 Å². The van der Waals surface area contributed by atoms with Crippen LogP contribution in [0.3, 0.4) is 0 Å². The molecule has 0 aliphatic rings. The number of rotatable bonds is 20. The van der Waals surface area contributed by atoms with Gasteiger partial charge < -0.3 is 14.0 Å². The van der Waals surface area contributed by atoms with Crippen LogP contribution in [0.5, 0.6) is 5.75 Å². The zero-order valence-electron chi connectivity index (χ0n) is 30.6. The van der Waals surface area contributed by atoms with E-state index in [0.29, 0.717) is 6.61 Å². The molecule has 0 atom stereocenters. The molecule has 0 saturated heterocycles. The molecule has 0 bridgehead atoms. The van der Waals surface area contributed by atoms with Crippen molar-refractivity contribution in [3.05, 3.63) is 125 Å². The van der Waals surface area contributed by atoms with Gasteiger partial charge in [-0.15, -0.1) is 6.58 Å². The molecule has 0 aliphatic carbocycles. The molecular formula is C46H53N3O2. The van der Waals surface area contributed by atoms with Crippen molar-refractivity contribution in [2.45, 2.75) is 84.6 Å². The fourth-order valence-electron chi connectivity index (χ4n) is 6.40. The molecule has 51 heavy (non-hydrogen) atoms. The Bertz CT molecular complexity index is 1960. The first-order chi connectivity index (χ1) is 25.2. The second-order valence-electron chi connectivity index (χ2n) is 13.0. The predicted octanol–water partition coefficient (Wildman–Crippen LogP) is 11.3. The van der Waals surface area contributed by atoms with Gasteiger partial charge in [0.2, 0.25) is 0 Å². The van der Waals surface area contributed by atoms with Crippen LogP contribution in [0.2, 0.25) is 0 Å². The third-order valence-electron chi connectivity index (χ3n) is 9.15. The summed E-state index contributed by atoms with van der Waals surface area (Å²) < 4.78 is 13.8. The summed E-state index contributed by atoms with van der Waals surface area (Å²) in [4.78, 5) is 0. The number of benzene rings is 4. The van der Waals surface area contributed by atoms with E-state index in [1.54, 1.807) is 6.08 Å². The molecule has 0 fully saturated rings. The van der Waals surface area contributed by atoms with Crippen molar-refractivity contribution in [2.75, 3.05) is 19.8 Å². The topological polar surface area (TPSA) is 48.1 Å². The average Bonchev–Trinajstić information content (AvgIpc) is 3.48. The number of aryl methyl sites for hydroxylation is 2. The van der Waals surface area contributed by atoms with Gasteiger partial charge in [-0.05, 0) is 98.3 Å². The summed E-state index contributed by atoms with van der Waals surface area (Å²) in [5, 5.41) is 11.4. The largest absolute Gasteiger partial charge is 0.494 e. The zero-order chi connectivity index (χ0) is 35.5. The van der Waals surface area contributed by atoms with Crippen LogP contribution in [-0.2, 0) is 17.7 Å². The smallest absolute Gasteiger partial charge is 0.119 e. The molecule has 0 aliphatic heterocycles. The Labute approximate surface area is 305 Å². The summed E-state index contributed by atoms with van der Waals surface area (Å²) in [5.74, 6) is 7.62. The third kappa shape index (κ3) is 11.3. The Hall–Kier alpha value is -4.92. The molecule has 0 unspecified atom stereocenters. The van der Waals surface area contributed by atoms with Crippen LogP contribution in [0.1, 0.15) is 99.5 Å². The molecule has 0 saturated carbocycles. The summed E-state index contributed by atoms with van der Waals surface area (Å²) in [6, 6.07) is 29.7. The number of nitrogens with zero attached hydrogens (tertiary/aromatic N) is 3. The quantitative estimate of drug-likeness (QED) is 0.0270. The first kappa shape index (κ1) is 37.3. The van der Waals surface area contributed by atoms with E-state index in [2.05, 4.69) is 108 Å². The van der Waals surface area contributed by atoms with E-state index in [-0.39, 0.29) is 0 Å². The van der Waals surface area contributed by atoms with Crippen LogP contribution in [0.15, 0.2) is 108 Å². The lowest BCUT2D eigenvalue weighted by Crippen LogP contribution is -1.97. The Morgan fingerprint density at radius 2 is 1.47 bits per heavy atom. The maximum absolute atomic E-state index is 5.99. The lowest BCUT2D eigenvalue weighted by atomic mass is 10.0. The minimum atomic E-state index is 0.650. The van der Waals surface area contributed by atoms with E-state index >= 15 is 0 Å². The van der Waals surface area contributed by atoms with Crippen molar-refractivity contribution >= 4 is 34.2 Å². The van der Waals surface area contributed by atoms with Gasteiger partial charge in [-0.2, -0.15) is 10.2 Å². The molecule has 0 radical (unpaired) electrons. The van der Waals surface area contributed by atoms with Gasteiger partial charge in [0.1, 0.15) is 5.75 Å². The molecule has 0 N–H and O–H groups in total. The van der Waals surface area contributed by atoms with Crippen molar-refractivity contribution in [2.24, 2.45) is 10.2 Å². The minimum Gasteiger partial charge on any atom is -0.494 e. The number of ether oxygens (including phenoxy) is 2. The van der Waals surface area contributed by atoms with Crippen LogP contribution in [0.4, 0.5) is 0 Å². The van der Waals surface area contributed by atoms with Crippen LogP contribution in [0, 0.1) is 11.8 Å². The first-order valence-electron chi connectivity index (χ1n) is 18.8. The maximum atomic E-state index is 5.99. The fourth-order valence-corrected chi connectivity index (χ4v) is 6.40. The standard InChI is InChI=1S/C46H53N3O2/c1-4-7-12-17-38-21-26-40(25-20-37-22-27-42(28-23-37)51-32-16-11-9-8-10-15-31-50-30-5-2)41(33-38)36-48-47-35-39-24-29-46-44(34-39)43-18-13-14-19-45(43)49(46)6-3/h5,13-14,18-19,21-24,26-29,33-36H,2,4,6-12,15-17,30-32H2,1,3H3/b47-35+,48-36+. The molecular weight excluding hydrogens is 627 g/mol. The van der Waals surface area contributed by atoms with Gasteiger partial charge >= 0.3 is 0 Å². The number of para-hydroxylation sites is 1. The lowest BCUT2D eigenvalue weighted by molar-refractivity contribution is 0.157. The molecule has 5 heteroatoms. The van der Waals surface area contributed by atoms with Gasteiger partial charge in [0.25, 0.3) is 0 Å². The molecule has 1 aromatic heterocycles. The highest BCUT2D eigenvalue weighted by Crippen LogP contribution is 2.29. The van der Waals surface area contributed by atoms with Crippen LogP contribution in [-0.4, -0.2) is 36.8 Å². The Morgan fingerprint density at radius 1 is 0.706 bits per heavy atom. The zero-order valence-corrected chi connectivity index (χ0v) is 30.6. The van der Waals surface area contributed by atoms with E-state index < -0.39 is 0 Å². The average molecular weight is 680 g/mol. The SMILES string of the molecule is C=CCOCCCCCCCCOc1ccc(C#Cc2ccc(CCCCC)cc2/C=N/N=C/c2ccc3c(c2)c2ccccc2n3CC)cc1. The van der Waals surface area contributed by atoms with Crippen molar-refractivity contribution in [3.8, 4) is 17.6 Å². The molecule has 5 aromatic rings. The molecule has 1 heterocycles. The number of hydrogen-bond donors (Lipinski definition) is 0. The van der Waals surface area contributed by atoms with Gasteiger partial charge in [0, 0.05) is 51.6 Å². The molecule has 0 spiro atoms. The van der Waals surface area contributed by atoms with E-state index in [1.165, 1.54) is 72.3 Å². The van der Waals surface area contributed by atoms with Crippen molar-refractivity contribution in [3.63, 3.8) is 0 Å². The molecule has 0 amide bonds. The van der Waals surface area contributed by atoms with Gasteiger partial charge in [0.15, 0.2) is 0 Å². The summed E-state index contributed by atoms with van der Waals surface area (Å²) in [7, 11) is 0. The van der Waals surface area contributed by atoms with Crippen LogP contribution < -0.4 is 4.74 Å². The summed E-state index contributed by atoms with van der Waals surface area (Å²) in [6.07, 6.45) is 17.2. The highest BCUT2D eigenvalue weighted by atomic mass is 16.5. The summed E-state index contributed by atoms with van der Waals surface area (Å²) in [6.45, 7) is 11.2. The first-order valence-corrected chi connectivity index (χ1v) is 18.8. The Kier molecular flexibility index (Phi) is 15.1. The number of fused-ring (bicyclic) bond motifs is 3. The van der Waals surface area contributed by atoms with E-state index in [1.807, 2.05) is 36.7 Å². The number of aromatic nitrogens is 1. The number of unbranched alkanes of at least 4 members (excludes halogenated alkanes) is 7. The molecule has 264 valence electrons. The summed E-state index contributed by atoms with van der Waals surface area (Å²) >= 11 is 0. The summed E-state index contributed by atoms with van der Waals surface area (Å²) in [5.41, 5.74) is 7.69. The third-order valence-corrected chi connectivity index (χ3v) is 9.15. The van der Waals surface area contributed by atoms with Crippen molar-refractivity contribution < 1.29 is 9.47 Å². The van der Waals surface area contributed by atoms with Gasteiger partial charge in [-0.25, -0.2) is 0 Å². The van der Waals surface area contributed by atoms with E-state index in [4.69, 9.17) is 9.47 Å². The number of hydrogen-bond acceptors (Lipinski definition) is 4. The Morgan fingerprint density at radius 3 is 2.27 bits per heavy atom. The Balaban J connectivity index is 1.19. The highest BCUT2D eigenvalue weighted by Gasteiger charge is 2.09. The second-order valence-corrected chi connectivity index (χ2v) is 13.0. The van der Waals surface area contributed by atoms with Gasteiger partial charge in [-0.3, -0.25) is 0 Å². The highest BCUT2D eigenvalue weighted by molar-refractivity contribution is 6.09. The van der Waals surface area contributed by atoms with Gasteiger partial charge in [-0.1, -0.05) is 93.7 Å². The van der Waals surface area contributed by atoms with Crippen molar-refractivity contribution in [1.29, 1.82) is 0 Å². The second kappa shape index (κ2) is 20.7. The lowest BCUT2D eigenvalue weighted by Gasteiger charge is -2.06. The normalized spacial score (nSPS) is 11.5. The van der Waals surface area contributed by atoms with Crippen LogP contribution >= 0.6 is 0 Å². The fraction of sp³-hybridized carbons (Fsp3) is 0.348.